The number of rotatable bonds is 4. The van der Waals surface area contributed by atoms with Gasteiger partial charge in [-0.3, -0.25) is 4.79 Å². The Kier molecular flexibility index (Phi) is 4.40. The standard InChI is InChI=1S/C18H19N3O2S/c1-10-5-4-6-13(7-10)23-9-15(22)21-16-11(2)8-14-17(12(16)3)24-18(19)20-14/h4-8H,9H2,1-3H3,(H2,19,20)(H,21,22). The minimum Gasteiger partial charge on any atom is -0.484 e. The molecule has 0 aliphatic rings. The molecular weight excluding hydrogens is 322 g/mol. The zero-order valence-electron chi connectivity index (χ0n) is 13.8. The summed E-state index contributed by atoms with van der Waals surface area (Å²) in [6, 6.07) is 9.56. The Hall–Kier alpha value is -2.60. The molecule has 0 radical (unpaired) electrons. The van der Waals surface area contributed by atoms with Gasteiger partial charge in [-0.1, -0.05) is 23.5 Å². The lowest BCUT2D eigenvalue weighted by atomic mass is 10.1. The molecule has 0 saturated carbocycles. The fourth-order valence-corrected chi connectivity index (χ4v) is 3.44. The minimum absolute atomic E-state index is 0.0365. The first-order valence-electron chi connectivity index (χ1n) is 7.59. The van der Waals surface area contributed by atoms with Crippen LogP contribution < -0.4 is 15.8 Å². The van der Waals surface area contributed by atoms with Crippen LogP contribution in [0.1, 0.15) is 16.7 Å². The van der Waals surface area contributed by atoms with E-state index in [1.165, 1.54) is 11.3 Å². The van der Waals surface area contributed by atoms with E-state index in [0.29, 0.717) is 10.9 Å². The molecule has 0 aliphatic heterocycles. The summed E-state index contributed by atoms with van der Waals surface area (Å²) >= 11 is 1.42. The molecule has 24 heavy (non-hydrogen) atoms. The molecule has 0 atom stereocenters. The first-order chi connectivity index (χ1) is 11.4. The quantitative estimate of drug-likeness (QED) is 0.756. The molecule has 0 aliphatic carbocycles. The van der Waals surface area contributed by atoms with Crippen molar-refractivity contribution in [3.63, 3.8) is 0 Å². The van der Waals surface area contributed by atoms with Crippen molar-refractivity contribution in [1.29, 1.82) is 0 Å². The van der Waals surface area contributed by atoms with Crippen molar-refractivity contribution in [1.82, 2.24) is 4.98 Å². The Bertz CT molecular complexity index is 918. The van der Waals surface area contributed by atoms with Crippen molar-refractivity contribution in [3.05, 3.63) is 47.0 Å². The van der Waals surface area contributed by atoms with Crippen LogP contribution in [0.5, 0.6) is 5.75 Å². The number of hydrogen-bond acceptors (Lipinski definition) is 5. The monoisotopic (exact) mass is 341 g/mol. The van der Waals surface area contributed by atoms with Crippen LogP contribution in [0, 0.1) is 20.8 Å². The van der Waals surface area contributed by atoms with Gasteiger partial charge in [0.05, 0.1) is 10.2 Å². The van der Waals surface area contributed by atoms with Crippen LogP contribution in [0.3, 0.4) is 0 Å². The second kappa shape index (κ2) is 6.49. The van der Waals surface area contributed by atoms with E-state index in [0.717, 1.165) is 32.6 Å². The second-order valence-electron chi connectivity index (χ2n) is 5.75. The Morgan fingerprint density at radius 2 is 2.08 bits per heavy atom. The number of ether oxygens (including phenoxy) is 1. The van der Waals surface area contributed by atoms with E-state index in [-0.39, 0.29) is 12.5 Å². The van der Waals surface area contributed by atoms with Gasteiger partial charge in [0.1, 0.15) is 5.75 Å². The van der Waals surface area contributed by atoms with Gasteiger partial charge in [-0.15, -0.1) is 0 Å². The number of aromatic nitrogens is 1. The van der Waals surface area contributed by atoms with Crippen LogP contribution in [0.4, 0.5) is 10.8 Å². The number of carbonyl (C=O) groups is 1. The number of benzene rings is 2. The van der Waals surface area contributed by atoms with E-state index >= 15 is 0 Å². The predicted molar refractivity (Wildman–Crippen MR) is 98.8 cm³/mol. The summed E-state index contributed by atoms with van der Waals surface area (Å²) in [5.41, 5.74) is 10.5. The molecule has 3 N–H and O–H groups in total. The number of nitrogens with zero attached hydrogens (tertiary/aromatic N) is 1. The Balaban J connectivity index is 1.75. The number of aryl methyl sites for hydroxylation is 3. The molecule has 124 valence electrons. The molecule has 6 heteroatoms. The highest BCUT2D eigenvalue weighted by Gasteiger charge is 2.14. The lowest BCUT2D eigenvalue weighted by molar-refractivity contribution is -0.118. The van der Waals surface area contributed by atoms with Gasteiger partial charge in [-0.05, 0) is 55.7 Å². The summed E-state index contributed by atoms with van der Waals surface area (Å²) < 4.78 is 6.54. The number of nitrogen functional groups attached to an aromatic ring is 1. The Labute approximate surface area is 144 Å². The summed E-state index contributed by atoms with van der Waals surface area (Å²) in [5, 5.41) is 3.47. The van der Waals surface area contributed by atoms with Crippen molar-refractivity contribution in [3.8, 4) is 5.75 Å². The molecule has 0 saturated heterocycles. The van der Waals surface area contributed by atoms with Crippen LogP contribution in [0.25, 0.3) is 10.2 Å². The highest BCUT2D eigenvalue weighted by Crippen LogP contribution is 2.34. The topological polar surface area (TPSA) is 77.2 Å². The van der Waals surface area contributed by atoms with Crippen molar-refractivity contribution >= 4 is 38.3 Å². The molecule has 1 amide bonds. The molecule has 3 aromatic rings. The van der Waals surface area contributed by atoms with Gasteiger partial charge in [-0.2, -0.15) is 0 Å². The van der Waals surface area contributed by atoms with Crippen LogP contribution in [0.15, 0.2) is 30.3 Å². The zero-order valence-corrected chi connectivity index (χ0v) is 14.7. The van der Waals surface area contributed by atoms with Crippen molar-refractivity contribution in [2.24, 2.45) is 0 Å². The number of fused-ring (bicyclic) bond motifs is 1. The molecule has 1 heterocycles. The SMILES string of the molecule is Cc1cccc(OCC(=O)Nc2c(C)cc3nc(N)sc3c2C)c1. The summed E-state index contributed by atoms with van der Waals surface area (Å²) in [7, 11) is 0. The lowest BCUT2D eigenvalue weighted by Gasteiger charge is -2.13. The lowest BCUT2D eigenvalue weighted by Crippen LogP contribution is -2.21. The molecule has 2 aromatic carbocycles. The van der Waals surface area contributed by atoms with E-state index in [2.05, 4.69) is 10.3 Å². The van der Waals surface area contributed by atoms with Crippen LogP contribution in [0.2, 0.25) is 0 Å². The Morgan fingerprint density at radius 3 is 2.83 bits per heavy atom. The number of nitrogens with two attached hydrogens (primary N) is 1. The first kappa shape index (κ1) is 16.3. The molecular formula is C18H19N3O2S. The normalized spacial score (nSPS) is 10.8. The third-order valence-corrected chi connectivity index (χ3v) is 4.78. The number of thiazole rings is 1. The number of nitrogens with one attached hydrogen (secondary N) is 1. The molecule has 0 fully saturated rings. The van der Waals surface area contributed by atoms with Crippen molar-refractivity contribution < 1.29 is 9.53 Å². The van der Waals surface area contributed by atoms with Gasteiger partial charge in [0.25, 0.3) is 5.91 Å². The van der Waals surface area contributed by atoms with Crippen molar-refractivity contribution in [2.45, 2.75) is 20.8 Å². The van der Waals surface area contributed by atoms with Crippen LogP contribution >= 0.6 is 11.3 Å². The van der Waals surface area contributed by atoms with Crippen molar-refractivity contribution in [2.75, 3.05) is 17.7 Å². The number of amides is 1. The highest BCUT2D eigenvalue weighted by molar-refractivity contribution is 7.22. The van der Waals surface area contributed by atoms with E-state index in [9.17, 15) is 4.79 Å². The maximum atomic E-state index is 12.2. The third kappa shape index (κ3) is 3.33. The fourth-order valence-electron chi connectivity index (χ4n) is 2.62. The third-order valence-electron chi connectivity index (χ3n) is 3.76. The van der Waals surface area contributed by atoms with E-state index in [4.69, 9.17) is 10.5 Å². The highest BCUT2D eigenvalue weighted by atomic mass is 32.1. The van der Waals surface area contributed by atoms with Gasteiger partial charge in [0.2, 0.25) is 0 Å². The number of hydrogen-bond donors (Lipinski definition) is 2. The minimum atomic E-state index is -0.195. The molecule has 0 unspecified atom stereocenters. The number of anilines is 2. The van der Waals surface area contributed by atoms with E-state index in [1.54, 1.807) is 0 Å². The zero-order chi connectivity index (χ0) is 17.3. The van der Waals surface area contributed by atoms with Gasteiger partial charge < -0.3 is 15.8 Å². The second-order valence-corrected chi connectivity index (χ2v) is 6.78. The molecule has 5 nitrogen and oxygen atoms in total. The maximum Gasteiger partial charge on any atom is 0.262 e. The van der Waals surface area contributed by atoms with E-state index < -0.39 is 0 Å². The average molecular weight is 341 g/mol. The molecule has 0 spiro atoms. The average Bonchev–Trinajstić information content (AvgIpc) is 2.90. The number of carbonyl (C=O) groups excluding carboxylic acids is 1. The summed E-state index contributed by atoms with van der Waals surface area (Å²) in [6.45, 7) is 5.85. The smallest absolute Gasteiger partial charge is 0.262 e. The van der Waals surface area contributed by atoms with Gasteiger partial charge >= 0.3 is 0 Å². The fraction of sp³-hybridized carbons (Fsp3) is 0.222. The van der Waals surface area contributed by atoms with Gasteiger partial charge in [0, 0.05) is 5.69 Å². The predicted octanol–water partition coefficient (Wildman–Crippen LogP) is 3.82. The molecule has 0 bridgehead atoms. The van der Waals surface area contributed by atoms with Gasteiger partial charge in [0.15, 0.2) is 11.7 Å². The summed E-state index contributed by atoms with van der Waals surface area (Å²) in [6.07, 6.45) is 0. The van der Waals surface area contributed by atoms with E-state index in [1.807, 2.05) is 51.1 Å². The van der Waals surface area contributed by atoms with Crippen LogP contribution in [-0.4, -0.2) is 17.5 Å². The largest absolute Gasteiger partial charge is 0.484 e. The first-order valence-corrected chi connectivity index (χ1v) is 8.41. The molecule has 1 aromatic heterocycles. The summed E-state index contributed by atoms with van der Waals surface area (Å²) in [4.78, 5) is 16.5. The van der Waals surface area contributed by atoms with Crippen LogP contribution in [-0.2, 0) is 4.79 Å². The summed E-state index contributed by atoms with van der Waals surface area (Å²) in [5.74, 6) is 0.490. The maximum absolute atomic E-state index is 12.2. The molecule has 3 rings (SSSR count). The Morgan fingerprint density at radius 1 is 1.29 bits per heavy atom. The van der Waals surface area contributed by atoms with Gasteiger partial charge in [-0.25, -0.2) is 4.98 Å².